The van der Waals surface area contributed by atoms with Gasteiger partial charge in [-0.05, 0) is 44.0 Å². The molecule has 2 rings (SSSR count). The average molecular weight is 280 g/mol. The monoisotopic (exact) mass is 280 g/mol. The maximum absolute atomic E-state index is 4.64. The summed E-state index contributed by atoms with van der Waals surface area (Å²) >= 11 is 0. The fraction of sp³-hybridized carbons (Fsp3) is 0.316. The lowest BCUT2D eigenvalue weighted by Gasteiger charge is -2.20. The molecule has 0 aliphatic rings. The van der Waals surface area contributed by atoms with Crippen LogP contribution in [-0.4, -0.2) is 19.3 Å². The number of hydrogen-bond acceptors (Lipinski definition) is 2. The van der Waals surface area contributed by atoms with Crippen LogP contribution in [0, 0.1) is 0 Å². The number of anilines is 1. The normalized spacial score (nSPS) is 12.5. The molecule has 0 amide bonds. The van der Waals surface area contributed by atoms with E-state index >= 15 is 0 Å². The SMILES string of the molecule is CCN(CC)c1ccc(C=N[C@@H](C)c2ccccc2)cc1. The second-order valence-corrected chi connectivity index (χ2v) is 5.13. The summed E-state index contributed by atoms with van der Waals surface area (Å²) < 4.78 is 0. The third-order valence-electron chi connectivity index (χ3n) is 3.75. The Labute approximate surface area is 128 Å². The van der Waals surface area contributed by atoms with Gasteiger partial charge in [-0.2, -0.15) is 0 Å². The van der Waals surface area contributed by atoms with E-state index in [-0.39, 0.29) is 6.04 Å². The molecular formula is C19H24N2. The van der Waals surface area contributed by atoms with Gasteiger partial charge in [0.25, 0.3) is 0 Å². The Kier molecular flexibility index (Phi) is 5.56. The van der Waals surface area contributed by atoms with Crippen molar-refractivity contribution in [1.29, 1.82) is 0 Å². The van der Waals surface area contributed by atoms with Crippen LogP contribution in [0.4, 0.5) is 5.69 Å². The quantitative estimate of drug-likeness (QED) is 0.699. The van der Waals surface area contributed by atoms with E-state index in [4.69, 9.17) is 0 Å². The van der Waals surface area contributed by atoms with Crippen molar-refractivity contribution in [3.63, 3.8) is 0 Å². The average Bonchev–Trinajstić information content (AvgIpc) is 2.55. The maximum Gasteiger partial charge on any atom is 0.0721 e. The summed E-state index contributed by atoms with van der Waals surface area (Å²) in [6.45, 7) is 8.56. The van der Waals surface area contributed by atoms with E-state index < -0.39 is 0 Å². The first-order valence-corrected chi connectivity index (χ1v) is 7.67. The van der Waals surface area contributed by atoms with Gasteiger partial charge in [-0.15, -0.1) is 0 Å². The molecule has 2 aromatic carbocycles. The van der Waals surface area contributed by atoms with Crippen LogP contribution in [0.25, 0.3) is 0 Å². The van der Waals surface area contributed by atoms with Crippen LogP contribution in [0.15, 0.2) is 59.6 Å². The summed E-state index contributed by atoms with van der Waals surface area (Å²) in [5.41, 5.74) is 3.66. The van der Waals surface area contributed by atoms with Gasteiger partial charge < -0.3 is 4.90 Å². The summed E-state index contributed by atoms with van der Waals surface area (Å²) in [5.74, 6) is 0. The van der Waals surface area contributed by atoms with Crippen molar-refractivity contribution in [3.05, 3.63) is 65.7 Å². The van der Waals surface area contributed by atoms with Crippen molar-refractivity contribution >= 4 is 11.9 Å². The van der Waals surface area contributed by atoms with Crippen molar-refractivity contribution < 1.29 is 0 Å². The van der Waals surface area contributed by atoms with Gasteiger partial charge in [0.1, 0.15) is 0 Å². The van der Waals surface area contributed by atoms with Crippen molar-refractivity contribution in [2.45, 2.75) is 26.8 Å². The molecule has 2 aromatic rings. The number of rotatable bonds is 6. The van der Waals surface area contributed by atoms with Crippen molar-refractivity contribution in [2.24, 2.45) is 4.99 Å². The van der Waals surface area contributed by atoms with E-state index in [2.05, 4.69) is 79.2 Å². The molecule has 0 saturated carbocycles. The molecule has 1 atom stereocenters. The van der Waals surface area contributed by atoms with E-state index in [0.29, 0.717) is 0 Å². The molecule has 0 spiro atoms. The first-order valence-electron chi connectivity index (χ1n) is 7.67. The summed E-state index contributed by atoms with van der Waals surface area (Å²) in [6.07, 6.45) is 1.96. The van der Waals surface area contributed by atoms with E-state index in [1.165, 1.54) is 11.3 Å². The maximum atomic E-state index is 4.64. The Bertz CT molecular complexity index is 554. The minimum absolute atomic E-state index is 0.189. The molecule has 0 heterocycles. The Morgan fingerprint density at radius 2 is 1.57 bits per heavy atom. The van der Waals surface area contributed by atoms with Crippen LogP contribution in [0.2, 0.25) is 0 Å². The minimum Gasteiger partial charge on any atom is -0.372 e. The lowest BCUT2D eigenvalue weighted by atomic mass is 10.1. The van der Waals surface area contributed by atoms with Crippen LogP contribution in [0.5, 0.6) is 0 Å². The summed E-state index contributed by atoms with van der Waals surface area (Å²) in [4.78, 5) is 6.98. The lowest BCUT2D eigenvalue weighted by Crippen LogP contribution is -2.21. The van der Waals surface area contributed by atoms with Gasteiger partial charge in [-0.3, -0.25) is 4.99 Å². The Balaban J connectivity index is 2.04. The van der Waals surface area contributed by atoms with Gasteiger partial charge in [0, 0.05) is 25.0 Å². The molecule has 110 valence electrons. The molecule has 2 nitrogen and oxygen atoms in total. The Hall–Kier alpha value is -2.09. The third-order valence-corrected chi connectivity index (χ3v) is 3.75. The summed E-state index contributed by atoms with van der Waals surface area (Å²) in [5, 5.41) is 0. The van der Waals surface area contributed by atoms with Crippen molar-refractivity contribution in [2.75, 3.05) is 18.0 Å². The van der Waals surface area contributed by atoms with Gasteiger partial charge in [0.05, 0.1) is 6.04 Å². The van der Waals surface area contributed by atoms with E-state index in [0.717, 1.165) is 18.7 Å². The van der Waals surface area contributed by atoms with Gasteiger partial charge >= 0.3 is 0 Å². The first-order chi connectivity index (χ1) is 10.2. The van der Waals surface area contributed by atoms with Gasteiger partial charge in [0.2, 0.25) is 0 Å². The molecular weight excluding hydrogens is 256 g/mol. The number of nitrogens with zero attached hydrogens (tertiary/aromatic N) is 2. The zero-order chi connectivity index (χ0) is 15.1. The topological polar surface area (TPSA) is 15.6 Å². The highest BCUT2D eigenvalue weighted by molar-refractivity contribution is 5.80. The molecule has 0 unspecified atom stereocenters. The molecule has 2 heteroatoms. The third kappa shape index (κ3) is 4.19. The number of aliphatic imine (C=N–C) groups is 1. The molecule has 0 radical (unpaired) electrons. The molecule has 0 aliphatic carbocycles. The van der Waals surface area contributed by atoms with Crippen LogP contribution < -0.4 is 4.90 Å². The fourth-order valence-corrected chi connectivity index (χ4v) is 2.38. The summed E-state index contributed by atoms with van der Waals surface area (Å²) in [6, 6.07) is 19.2. The van der Waals surface area contributed by atoms with Crippen LogP contribution in [0.3, 0.4) is 0 Å². The van der Waals surface area contributed by atoms with Gasteiger partial charge in [-0.1, -0.05) is 42.5 Å². The minimum atomic E-state index is 0.189. The number of benzene rings is 2. The second kappa shape index (κ2) is 7.63. The molecule has 0 bridgehead atoms. The highest BCUT2D eigenvalue weighted by Gasteiger charge is 2.02. The van der Waals surface area contributed by atoms with Gasteiger partial charge in [0.15, 0.2) is 0 Å². The molecule has 0 aliphatic heterocycles. The van der Waals surface area contributed by atoms with E-state index in [1.54, 1.807) is 0 Å². The van der Waals surface area contributed by atoms with E-state index in [1.807, 2.05) is 12.3 Å². The molecule has 0 N–H and O–H groups in total. The predicted octanol–water partition coefficient (Wildman–Crippen LogP) is 4.71. The van der Waals surface area contributed by atoms with Crippen LogP contribution >= 0.6 is 0 Å². The predicted molar refractivity (Wildman–Crippen MR) is 92.5 cm³/mol. The van der Waals surface area contributed by atoms with Crippen molar-refractivity contribution in [3.8, 4) is 0 Å². The fourth-order valence-electron chi connectivity index (χ4n) is 2.38. The van der Waals surface area contributed by atoms with Crippen LogP contribution in [0.1, 0.15) is 37.9 Å². The van der Waals surface area contributed by atoms with Crippen molar-refractivity contribution in [1.82, 2.24) is 0 Å². The molecule has 0 fully saturated rings. The lowest BCUT2D eigenvalue weighted by molar-refractivity contribution is 0.825. The molecule has 0 saturated heterocycles. The number of hydrogen-bond donors (Lipinski definition) is 0. The second-order valence-electron chi connectivity index (χ2n) is 5.13. The Morgan fingerprint density at radius 3 is 2.14 bits per heavy atom. The van der Waals surface area contributed by atoms with Gasteiger partial charge in [-0.25, -0.2) is 0 Å². The van der Waals surface area contributed by atoms with Crippen LogP contribution in [-0.2, 0) is 0 Å². The highest BCUT2D eigenvalue weighted by atomic mass is 15.1. The first kappa shape index (κ1) is 15.3. The zero-order valence-corrected chi connectivity index (χ0v) is 13.2. The largest absolute Gasteiger partial charge is 0.372 e. The highest BCUT2D eigenvalue weighted by Crippen LogP contribution is 2.17. The standard InChI is InChI=1S/C19H24N2/c1-4-21(5-2)19-13-11-17(12-14-19)15-20-16(3)18-9-7-6-8-10-18/h6-16H,4-5H2,1-3H3/t16-/m0/s1. The molecule has 0 aromatic heterocycles. The van der Waals surface area contributed by atoms with E-state index in [9.17, 15) is 0 Å². The Morgan fingerprint density at radius 1 is 0.952 bits per heavy atom. The zero-order valence-electron chi connectivity index (χ0n) is 13.2. The summed E-state index contributed by atoms with van der Waals surface area (Å²) in [7, 11) is 0. The molecule has 21 heavy (non-hydrogen) atoms. The smallest absolute Gasteiger partial charge is 0.0721 e.